The van der Waals surface area contributed by atoms with Crippen LogP contribution >= 0.6 is 11.8 Å². The Balaban J connectivity index is 3.06. The third kappa shape index (κ3) is 3.79. The zero-order valence-electron chi connectivity index (χ0n) is 9.88. The van der Waals surface area contributed by atoms with Gasteiger partial charge in [-0.1, -0.05) is 0 Å². The van der Waals surface area contributed by atoms with Gasteiger partial charge in [0.25, 0.3) is 0 Å². The average Bonchev–Trinajstić information content (AvgIpc) is 2.24. The van der Waals surface area contributed by atoms with Crippen molar-refractivity contribution < 1.29 is 8.42 Å². The first-order valence-corrected chi connectivity index (χ1v) is 7.92. The minimum atomic E-state index is -3.68. The number of benzene rings is 1. The van der Waals surface area contributed by atoms with E-state index in [9.17, 15) is 8.42 Å². The highest BCUT2D eigenvalue weighted by Gasteiger charge is 2.12. The molecule has 0 fully saturated rings. The third-order valence-corrected chi connectivity index (χ3v) is 3.87. The van der Waals surface area contributed by atoms with Gasteiger partial charge in [-0.15, -0.1) is 0 Å². The lowest BCUT2D eigenvalue weighted by Gasteiger charge is -2.21. The highest BCUT2D eigenvalue weighted by Crippen LogP contribution is 2.25. The lowest BCUT2D eigenvalue weighted by atomic mass is 10.2. The molecule has 0 aliphatic heterocycles. The Morgan fingerprint density at radius 3 is 2.59 bits per heavy atom. The van der Waals surface area contributed by atoms with Crippen molar-refractivity contribution in [3.63, 3.8) is 0 Å². The molecule has 0 saturated heterocycles. The quantitative estimate of drug-likeness (QED) is 0.773. The van der Waals surface area contributed by atoms with Crippen molar-refractivity contribution in [1.82, 2.24) is 0 Å². The van der Waals surface area contributed by atoms with Gasteiger partial charge in [0.05, 0.1) is 16.3 Å². The van der Waals surface area contributed by atoms with Crippen molar-refractivity contribution in [2.24, 2.45) is 5.14 Å². The summed E-state index contributed by atoms with van der Waals surface area (Å²) in [6.07, 6.45) is 2.01. The van der Waals surface area contributed by atoms with Crippen LogP contribution < -0.4 is 15.8 Å². The second-order valence-electron chi connectivity index (χ2n) is 3.68. The van der Waals surface area contributed by atoms with Gasteiger partial charge in [0.15, 0.2) is 0 Å². The van der Waals surface area contributed by atoms with Gasteiger partial charge in [-0.25, -0.2) is 13.6 Å². The number of hydrogen-bond donors (Lipinski definition) is 2. The molecule has 0 radical (unpaired) electrons. The van der Waals surface area contributed by atoms with E-state index >= 15 is 0 Å². The maximum absolute atomic E-state index is 11.2. The van der Waals surface area contributed by atoms with Crippen molar-refractivity contribution in [3.8, 4) is 0 Å². The van der Waals surface area contributed by atoms with Gasteiger partial charge in [0, 0.05) is 19.3 Å². The average molecular weight is 275 g/mol. The molecule has 0 heterocycles. The summed E-state index contributed by atoms with van der Waals surface area (Å²) in [5, 5.41) is 5.08. The number of nitrogens with zero attached hydrogens (tertiary/aromatic N) is 1. The maximum Gasteiger partial charge on any atom is 0.238 e. The van der Waals surface area contributed by atoms with Crippen LogP contribution in [0.15, 0.2) is 23.1 Å². The summed E-state index contributed by atoms with van der Waals surface area (Å²) in [7, 11) is -1.81. The minimum absolute atomic E-state index is 0.0812. The zero-order chi connectivity index (χ0) is 13.1. The molecular weight excluding hydrogens is 258 g/mol. The number of nitrogen functional groups attached to an aromatic ring is 1. The Morgan fingerprint density at radius 2 is 2.06 bits per heavy atom. The van der Waals surface area contributed by atoms with Crippen LogP contribution in [0.2, 0.25) is 0 Å². The van der Waals surface area contributed by atoms with E-state index < -0.39 is 10.0 Å². The fourth-order valence-electron chi connectivity index (χ4n) is 1.38. The molecule has 96 valence electrons. The minimum Gasteiger partial charge on any atom is -0.397 e. The number of primary sulfonamides is 1. The zero-order valence-corrected chi connectivity index (χ0v) is 11.5. The molecule has 7 heteroatoms. The molecule has 0 atom stereocenters. The highest BCUT2D eigenvalue weighted by molar-refractivity contribution is 7.98. The molecular formula is C10H17N3O2S2. The molecule has 0 spiro atoms. The second-order valence-corrected chi connectivity index (χ2v) is 6.23. The summed E-state index contributed by atoms with van der Waals surface area (Å²) in [6, 6.07) is 4.48. The molecule has 0 aliphatic rings. The molecule has 0 saturated carbocycles. The van der Waals surface area contributed by atoms with Crippen molar-refractivity contribution in [2.75, 3.05) is 36.2 Å². The lowest BCUT2D eigenvalue weighted by molar-refractivity contribution is 0.598. The normalized spacial score (nSPS) is 11.5. The third-order valence-electron chi connectivity index (χ3n) is 2.37. The van der Waals surface area contributed by atoms with Gasteiger partial charge in [0.1, 0.15) is 0 Å². The van der Waals surface area contributed by atoms with Crippen LogP contribution in [0.1, 0.15) is 0 Å². The topological polar surface area (TPSA) is 89.4 Å². The van der Waals surface area contributed by atoms with Crippen LogP contribution in [0.4, 0.5) is 11.4 Å². The van der Waals surface area contributed by atoms with E-state index in [0.29, 0.717) is 11.4 Å². The number of sulfonamides is 1. The summed E-state index contributed by atoms with van der Waals surface area (Å²) in [5.41, 5.74) is 7.05. The summed E-state index contributed by atoms with van der Waals surface area (Å²) in [4.78, 5) is 2.00. The SMILES string of the molecule is CSCCN(C)c1cc(S(N)(=O)=O)ccc1N. The van der Waals surface area contributed by atoms with Crippen LogP contribution in [0, 0.1) is 0 Å². The van der Waals surface area contributed by atoms with Gasteiger partial charge >= 0.3 is 0 Å². The number of thioether (sulfide) groups is 1. The molecule has 17 heavy (non-hydrogen) atoms. The fraction of sp³-hybridized carbons (Fsp3) is 0.400. The van der Waals surface area contributed by atoms with Gasteiger partial charge in [0.2, 0.25) is 10.0 Å². The van der Waals surface area contributed by atoms with Gasteiger partial charge in [-0.2, -0.15) is 11.8 Å². The Labute approximate surface area is 106 Å². The molecule has 0 aromatic heterocycles. The van der Waals surface area contributed by atoms with E-state index in [-0.39, 0.29) is 4.90 Å². The first-order valence-electron chi connectivity index (χ1n) is 4.98. The van der Waals surface area contributed by atoms with Crippen molar-refractivity contribution >= 4 is 33.2 Å². The van der Waals surface area contributed by atoms with Gasteiger partial charge in [-0.3, -0.25) is 0 Å². The summed E-state index contributed by atoms with van der Waals surface area (Å²) < 4.78 is 22.5. The largest absolute Gasteiger partial charge is 0.397 e. The number of rotatable bonds is 5. The van der Waals surface area contributed by atoms with E-state index in [0.717, 1.165) is 12.3 Å². The summed E-state index contributed by atoms with van der Waals surface area (Å²) >= 11 is 1.71. The Morgan fingerprint density at radius 1 is 1.41 bits per heavy atom. The maximum atomic E-state index is 11.2. The lowest BCUT2D eigenvalue weighted by Crippen LogP contribution is -2.22. The van der Waals surface area contributed by atoms with E-state index in [1.54, 1.807) is 17.8 Å². The van der Waals surface area contributed by atoms with E-state index in [1.165, 1.54) is 12.1 Å². The van der Waals surface area contributed by atoms with Gasteiger partial charge < -0.3 is 10.6 Å². The Kier molecular flexibility index (Phi) is 4.67. The van der Waals surface area contributed by atoms with E-state index in [4.69, 9.17) is 10.9 Å². The van der Waals surface area contributed by atoms with Gasteiger partial charge in [-0.05, 0) is 24.5 Å². The highest BCUT2D eigenvalue weighted by atomic mass is 32.2. The van der Waals surface area contributed by atoms with E-state index in [2.05, 4.69) is 0 Å². The van der Waals surface area contributed by atoms with E-state index in [1.807, 2.05) is 18.2 Å². The first-order chi connectivity index (χ1) is 7.86. The number of hydrogen-bond acceptors (Lipinski definition) is 5. The molecule has 1 aromatic carbocycles. The number of nitrogens with two attached hydrogens (primary N) is 2. The molecule has 0 unspecified atom stereocenters. The van der Waals surface area contributed by atoms with Crippen molar-refractivity contribution in [2.45, 2.75) is 4.90 Å². The van der Waals surface area contributed by atoms with Crippen LogP contribution in [0.3, 0.4) is 0 Å². The van der Waals surface area contributed by atoms with Crippen LogP contribution in [-0.2, 0) is 10.0 Å². The molecule has 0 amide bonds. The van der Waals surface area contributed by atoms with Crippen molar-refractivity contribution in [3.05, 3.63) is 18.2 Å². The molecule has 0 aliphatic carbocycles. The second kappa shape index (κ2) is 5.61. The van der Waals surface area contributed by atoms with Crippen molar-refractivity contribution in [1.29, 1.82) is 0 Å². The molecule has 1 aromatic rings. The van der Waals surface area contributed by atoms with Crippen LogP contribution in [0.25, 0.3) is 0 Å². The van der Waals surface area contributed by atoms with Crippen LogP contribution in [0.5, 0.6) is 0 Å². The molecule has 0 bridgehead atoms. The standard InChI is InChI=1S/C10H17N3O2S2/c1-13(5-6-16-2)10-7-8(17(12,14)15)3-4-9(10)11/h3-4,7H,5-6,11H2,1-2H3,(H2,12,14,15). The fourth-order valence-corrected chi connectivity index (χ4v) is 2.37. The van der Waals surface area contributed by atoms with Crippen LogP contribution in [-0.4, -0.2) is 34.0 Å². The molecule has 4 N–H and O–H groups in total. The Hall–Kier alpha value is -0.920. The monoisotopic (exact) mass is 275 g/mol. The molecule has 5 nitrogen and oxygen atoms in total. The predicted octanol–water partition coefficient (Wildman–Crippen LogP) is 0.715. The Bertz CT molecular complexity index is 488. The molecule has 1 rings (SSSR count). The first kappa shape index (κ1) is 14.1. The smallest absolute Gasteiger partial charge is 0.238 e. The summed E-state index contributed by atoms with van der Waals surface area (Å²) in [5.74, 6) is 0.940. The predicted molar refractivity (Wildman–Crippen MR) is 73.9 cm³/mol. The number of anilines is 2. The summed E-state index contributed by atoms with van der Waals surface area (Å²) in [6.45, 7) is 0.791.